The zero-order chi connectivity index (χ0) is 19.3. The predicted molar refractivity (Wildman–Crippen MR) is 121 cm³/mol. The monoisotopic (exact) mass is 385 g/mol. The van der Waals surface area contributed by atoms with Crippen molar-refractivity contribution in [3.63, 3.8) is 0 Å². The third kappa shape index (κ3) is 3.80. The number of methoxy groups -OCH3 is 1. The SMILES string of the molecule is COc1ccc(NC(=S)N/N=C/c2c3ccccc3cc3ccccc23)cc1. The van der Waals surface area contributed by atoms with Crippen molar-refractivity contribution >= 4 is 50.8 Å². The molecule has 138 valence electrons. The van der Waals surface area contributed by atoms with Crippen LogP contribution >= 0.6 is 12.2 Å². The zero-order valence-corrected chi connectivity index (χ0v) is 16.2. The molecule has 0 saturated carbocycles. The molecule has 0 atom stereocenters. The Labute approximate surface area is 168 Å². The maximum Gasteiger partial charge on any atom is 0.191 e. The van der Waals surface area contributed by atoms with E-state index in [1.54, 1.807) is 7.11 Å². The molecule has 5 heteroatoms. The Kier molecular flexibility index (Phi) is 5.17. The molecule has 0 heterocycles. The number of anilines is 1. The molecule has 4 rings (SSSR count). The van der Waals surface area contributed by atoms with Gasteiger partial charge >= 0.3 is 0 Å². The normalized spacial score (nSPS) is 11.0. The van der Waals surface area contributed by atoms with Crippen molar-refractivity contribution in [3.8, 4) is 5.75 Å². The molecule has 0 fully saturated rings. The molecule has 4 aromatic rings. The van der Waals surface area contributed by atoms with Crippen molar-refractivity contribution < 1.29 is 4.74 Å². The number of fused-ring (bicyclic) bond motifs is 2. The standard InChI is InChI=1S/C23H19N3OS/c1-27-19-12-10-18(11-13-19)25-23(28)26-24-15-22-20-8-4-2-6-16(20)14-17-7-3-5-9-21(17)22/h2-15H,1H3,(H2,25,26,28)/b24-15+. The second-order valence-corrected chi connectivity index (χ2v) is 6.69. The Morgan fingerprint density at radius 1 is 0.893 bits per heavy atom. The Balaban J connectivity index is 1.56. The number of rotatable bonds is 4. The van der Waals surface area contributed by atoms with Crippen LogP contribution in [0.4, 0.5) is 5.69 Å². The van der Waals surface area contributed by atoms with E-state index in [0.717, 1.165) is 27.8 Å². The average molecular weight is 385 g/mol. The van der Waals surface area contributed by atoms with Crippen LogP contribution < -0.4 is 15.5 Å². The lowest BCUT2D eigenvalue weighted by molar-refractivity contribution is 0.415. The number of benzene rings is 4. The fraction of sp³-hybridized carbons (Fsp3) is 0.0435. The molecule has 0 aliphatic heterocycles. The summed E-state index contributed by atoms with van der Waals surface area (Å²) in [7, 11) is 1.64. The molecular formula is C23H19N3OS. The molecule has 28 heavy (non-hydrogen) atoms. The summed E-state index contributed by atoms with van der Waals surface area (Å²) in [5, 5.41) is 12.6. The summed E-state index contributed by atoms with van der Waals surface area (Å²) >= 11 is 5.34. The summed E-state index contributed by atoms with van der Waals surface area (Å²) in [6.07, 6.45) is 1.83. The third-order valence-electron chi connectivity index (χ3n) is 4.52. The van der Waals surface area contributed by atoms with E-state index in [9.17, 15) is 0 Å². The van der Waals surface area contributed by atoms with Crippen molar-refractivity contribution in [2.75, 3.05) is 12.4 Å². The highest BCUT2D eigenvalue weighted by molar-refractivity contribution is 7.80. The van der Waals surface area contributed by atoms with Crippen LogP contribution in [0, 0.1) is 0 Å². The molecule has 0 spiro atoms. The lowest BCUT2D eigenvalue weighted by atomic mass is 9.97. The number of thiocarbonyl (C=S) groups is 1. The Morgan fingerprint density at radius 2 is 1.50 bits per heavy atom. The number of nitrogens with zero attached hydrogens (tertiary/aromatic N) is 1. The van der Waals surface area contributed by atoms with Gasteiger partial charge in [0.1, 0.15) is 5.75 Å². The predicted octanol–water partition coefficient (Wildman–Crippen LogP) is 5.32. The number of ether oxygens (including phenoxy) is 1. The van der Waals surface area contributed by atoms with Crippen LogP contribution in [0.15, 0.2) is 84.0 Å². The molecule has 0 bridgehead atoms. The van der Waals surface area contributed by atoms with Crippen LogP contribution in [0.1, 0.15) is 5.56 Å². The fourth-order valence-electron chi connectivity index (χ4n) is 3.18. The Bertz CT molecular complexity index is 1120. The maximum atomic E-state index is 5.34. The van der Waals surface area contributed by atoms with Gasteiger partial charge in [-0.1, -0.05) is 48.5 Å². The lowest BCUT2D eigenvalue weighted by Gasteiger charge is -2.09. The van der Waals surface area contributed by atoms with Gasteiger partial charge in [-0.15, -0.1) is 0 Å². The molecule has 0 radical (unpaired) electrons. The number of hydrogen-bond acceptors (Lipinski definition) is 3. The smallest absolute Gasteiger partial charge is 0.191 e. The minimum Gasteiger partial charge on any atom is -0.497 e. The summed E-state index contributed by atoms with van der Waals surface area (Å²) in [4.78, 5) is 0. The summed E-state index contributed by atoms with van der Waals surface area (Å²) in [5.41, 5.74) is 4.82. The van der Waals surface area contributed by atoms with Gasteiger partial charge in [0.25, 0.3) is 0 Å². The van der Waals surface area contributed by atoms with Crippen molar-refractivity contribution in [1.82, 2.24) is 5.43 Å². The van der Waals surface area contributed by atoms with Gasteiger partial charge in [0.05, 0.1) is 13.3 Å². The van der Waals surface area contributed by atoms with E-state index < -0.39 is 0 Å². The first-order valence-electron chi connectivity index (χ1n) is 8.89. The van der Waals surface area contributed by atoms with Gasteiger partial charge in [-0.2, -0.15) is 5.10 Å². The molecule has 0 unspecified atom stereocenters. The van der Waals surface area contributed by atoms with Gasteiger partial charge in [-0.05, 0) is 64.1 Å². The highest BCUT2D eigenvalue weighted by atomic mass is 32.1. The summed E-state index contributed by atoms with van der Waals surface area (Å²) in [6.45, 7) is 0. The van der Waals surface area contributed by atoms with E-state index in [2.05, 4.69) is 46.2 Å². The maximum absolute atomic E-state index is 5.34. The van der Waals surface area contributed by atoms with Crippen LogP contribution in [0.3, 0.4) is 0 Å². The van der Waals surface area contributed by atoms with Gasteiger partial charge in [0.2, 0.25) is 0 Å². The summed E-state index contributed by atoms with van der Waals surface area (Å²) in [6, 6.07) is 26.4. The zero-order valence-electron chi connectivity index (χ0n) is 15.3. The molecule has 4 aromatic carbocycles. The second kappa shape index (κ2) is 8.06. The van der Waals surface area contributed by atoms with E-state index in [1.807, 2.05) is 54.7 Å². The van der Waals surface area contributed by atoms with Crippen LogP contribution in [-0.4, -0.2) is 18.4 Å². The van der Waals surface area contributed by atoms with Gasteiger partial charge < -0.3 is 10.1 Å². The third-order valence-corrected chi connectivity index (χ3v) is 4.71. The van der Waals surface area contributed by atoms with Crippen LogP contribution in [0.2, 0.25) is 0 Å². The molecule has 4 nitrogen and oxygen atoms in total. The highest BCUT2D eigenvalue weighted by Gasteiger charge is 2.05. The molecular weight excluding hydrogens is 366 g/mol. The topological polar surface area (TPSA) is 45.6 Å². The first-order chi connectivity index (χ1) is 13.7. The van der Waals surface area contributed by atoms with Crippen LogP contribution in [-0.2, 0) is 0 Å². The highest BCUT2D eigenvalue weighted by Crippen LogP contribution is 2.27. The summed E-state index contributed by atoms with van der Waals surface area (Å²) < 4.78 is 5.16. The molecule has 0 aliphatic rings. The molecule has 0 amide bonds. The molecule has 0 saturated heterocycles. The minimum atomic E-state index is 0.422. The molecule has 2 N–H and O–H groups in total. The number of hydrazone groups is 1. The van der Waals surface area contributed by atoms with Gasteiger partial charge in [-0.3, -0.25) is 5.43 Å². The van der Waals surface area contributed by atoms with Gasteiger partial charge in [0, 0.05) is 11.3 Å². The van der Waals surface area contributed by atoms with E-state index >= 15 is 0 Å². The first-order valence-corrected chi connectivity index (χ1v) is 9.30. The van der Waals surface area contributed by atoms with Crippen molar-refractivity contribution in [2.45, 2.75) is 0 Å². The van der Waals surface area contributed by atoms with Crippen molar-refractivity contribution in [1.29, 1.82) is 0 Å². The largest absolute Gasteiger partial charge is 0.497 e. The van der Waals surface area contributed by atoms with Crippen molar-refractivity contribution in [3.05, 3.63) is 84.4 Å². The Hall–Kier alpha value is -3.44. The van der Waals surface area contributed by atoms with Crippen molar-refractivity contribution in [2.24, 2.45) is 5.10 Å². The van der Waals surface area contributed by atoms with Gasteiger partial charge in [0.15, 0.2) is 5.11 Å². The second-order valence-electron chi connectivity index (χ2n) is 6.29. The lowest BCUT2D eigenvalue weighted by Crippen LogP contribution is -2.23. The minimum absolute atomic E-state index is 0.422. The van der Waals surface area contributed by atoms with E-state index in [1.165, 1.54) is 10.8 Å². The van der Waals surface area contributed by atoms with E-state index in [0.29, 0.717) is 5.11 Å². The molecule has 0 aliphatic carbocycles. The summed E-state index contributed by atoms with van der Waals surface area (Å²) in [5.74, 6) is 0.797. The van der Waals surface area contributed by atoms with Crippen LogP contribution in [0.25, 0.3) is 21.5 Å². The quantitative estimate of drug-likeness (QED) is 0.216. The van der Waals surface area contributed by atoms with Crippen LogP contribution in [0.5, 0.6) is 5.75 Å². The first kappa shape index (κ1) is 17.9. The average Bonchev–Trinajstić information content (AvgIpc) is 2.74. The van der Waals surface area contributed by atoms with E-state index in [-0.39, 0.29) is 0 Å². The fourth-order valence-corrected chi connectivity index (χ4v) is 3.35. The molecule has 0 aromatic heterocycles. The Morgan fingerprint density at radius 3 is 2.11 bits per heavy atom. The van der Waals surface area contributed by atoms with Gasteiger partial charge in [-0.25, -0.2) is 0 Å². The number of nitrogens with one attached hydrogen (secondary N) is 2. The number of hydrogen-bond donors (Lipinski definition) is 2. The van der Waals surface area contributed by atoms with E-state index in [4.69, 9.17) is 17.0 Å².